The molecule has 0 bridgehead atoms. The molecule has 19 heavy (non-hydrogen) atoms. The molecular formula is C9H7BrN4O4S. The number of H-pyrrole nitrogens is 1. The second-order valence-electron chi connectivity index (χ2n) is 3.44. The van der Waals surface area contributed by atoms with Crippen LogP contribution in [0.2, 0.25) is 0 Å². The van der Waals surface area contributed by atoms with E-state index in [1.807, 2.05) is 0 Å². The largest absolute Gasteiger partial charge is 0.334 e. The van der Waals surface area contributed by atoms with Crippen LogP contribution < -0.4 is 4.72 Å². The van der Waals surface area contributed by atoms with Gasteiger partial charge in [-0.25, -0.2) is 4.98 Å². The van der Waals surface area contributed by atoms with E-state index in [2.05, 4.69) is 30.6 Å². The van der Waals surface area contributed by atoms with Gasteiger partial charge in [-0.3, -0.25) is 14.8 Å². The molecule has 8 nitrogen and oxygen atoms in total. The van der Waals surface area contributed by atoms with Crippen LogP contribution in [0.3, 0.4) is 0 Å². The first-order valence-corrected chi connectivity index (χ1v) is 7.13. The number of nitro benzene ring substituents is 1. The molecule has 0 radical (unpaired) electrons. The summed E-state index contributed by atoms with van der Waals surface area (Å²) >= 11 is 3.01. The average Bonchev–Trinajstić information content (AvgIpc) is 2.85. The highest BCUT2D eigenvalue weighted by atomic mass is 79.9. The predicted molar refractivity (Wildman–Crippen MR) is 70.2 cm³/mol. The zero-order valence-electron chi connectivity index (χ0n) is 9.20. The number of aromatic amines is 1. The Hall–Kier alpha value is -1.94. The number of anilines is 1. The lowest BCUT2D eigenvalue weighted by atomic mass is 10.3. The monoisotopic (exact) mass is 346 g/mol. The molecule has 0 atom stereocenters. The molecule has 100 valence electrons. The van der Waals surface area contributed by atoms with Crippen LogP contribution in [0.1, 0.15) is 0 Å². The van der Waals surface area contributed by atoms with Gasteiger partial charge in [-0.1, -0.05) is 0 Å². The van der Waals surface area contributed by atoms with Crippen molar-refractivity contribution in [3.05, 3.63) is 45.3 Å². The van der Waals surface area contributed by atoms with Crippen molar-refractivity contribution in [2.24, 2.45) is 0 Å². The van der Waals surface area contributed by atoms with Crippen molar-refractivity contribution >= 4 is 37.3 Å². The molecule has 1 aromatic heterocycles. The van der Waals surface area contributed by atoms with Crippen molar-refractivity contribution in [3.63, 3.8) is 0 Å². The van der Waals surface area contributed by atoms with Crippen LogP contribution in [0.15, 0.2) is 40.2 Å². The van der Waals surface area contributed by atoms with Crippen molar-refractivity contribution < 1.29 is 13.3 Å². The lowest BCUT2D eigenvalue weighted by Crippen LogP contribution is -2.13. The Morgan fingerprint density at radius 3 is 2.74 bits per heavy atom. The van der Waals surface area contributed by atoms with Gasteiger partial charge in [0.25, 0.3) is 15.7 Å². The molecule has 0 aliphatic heterocycles. The first-order chi connectivity index (χ1) is 8.90. The summed E-state index contributed by atoms with van der Waals surface area (Å²) in [7, 11) is -3.83. The van der Waals surface area contributed by atoms with Crippen molar-refractivity contribution in [2.45, 2.75) is 5.03 Å². The molecule has 0 amide bonds. The minimum Gasteiger partial charge on any atom is -0.334 e. The van der Waals surface area contributed by atoms with Gasteiger partial charge in [0.1, 0.15) is 0 Å². The quantitative estimate of drug-likeness (QED) is 0.647. The molecular weight excluding hydrogens is 340 g/mol. The van der Waals surface area contributed by atoms with Crippen LogP contribution in [-0.2, 0) is 10.0 Å². The van der Waals surface area contributed by atoms with Gasteiger partial charge in [-0.05, 0) is 28.1 Å². The Labute approximate surface area is 116 Å². The van der Waals surface area contributed by atoms with Gasteiger partial charge < -0.3 is 4.98 Å². The Balaban J connectivity index is 2.35. The van der Waals surface area contributed by atoms with E-state index in [-0.39, 0.29) is 20.9 Å². The number of nitro groups is 1. The van der Waals surface area contributed by atoms with Gasteiger partial charge in [0.15, 0.2) is 5.03 Å². The van der Waals surface area contributed by atoms with E-state index in [0.717, 1.165) is 12.3 Å². The highest BCUT2D eigenvalue weighted by Crippen LogP contribution is 2.28. The van der Waals surface area contributed by atoms with Gasteiger partial charge in [-0.2, -0.15) is 8.42 Å². The van der Waals surface area contributed by atoms with E-state index in [1.165, 1.54) is 18.5 Å². The van der Waals surface area contributed by atoms with E-state index in [4.69, 9.17) is 0 Å². The Morgan fingerprint density at radius 2 is 2.16 bits per heavy atom. The maximum absolute atomic E-state index is 11.9. The number of imidazole rings is 1. The van der Waals surface area contributed by atoms with E-state index < -0.39 is 14.9 Å². The first-order valence-electron chi connectivity index (χ1n) is 4.85. The zero-order chi connectivity index (χ0) is 14.0. The predicted octanol–water partition coefficient (Wildman–Crippen LogP) is 1.88. The summed E-state index contributed by atoms with van der Waals surface area (Å²) < 4.78 is 26.2. The first kappa shape index (κ1) is 13.5. The fourth-order valence-corrected chi connectivity index (χ4v) is 2.66. The van der Waals surface area contributed by atoms with Crippen molar-refractivity contribution in [2.75, 3.05) is 4.72 Å². The molecule has 0 aliphatic carbocycles. The molecule has 1 aromatic carbocycles. The highest BCUT2D eigenvalue weighted by Gasteiger charge is 2.18. The third kappa shape index (κ3) is 2.90. The Kier molecular flexibility index (Phi) is 3.53. The average molecular weight is 347 g/mol. The van der Waals surface area contributed by atoms with E-state index in [1.54, 1.807) is 0 Å². The number of rotatable bonds is 4. The maximum atomic E-state index is 11.9. The molecule has 0 spiro atoms. The van der Waals surface area contributed by atoms with Crippen molar-refractivity contribution in [1.82, 2.24) is 9.97 Å². The summed E-state index contributed by atoms with van der Waals surface area (Å²) in [5.41, 5.74) is -0.144. The van der Waals surface area contributed by atoms with Crippen LogP contribution in [0.4, 0.5) is 11.4 Å². The van der Waals surface area contributed by atoms with Crippen LogP contribution >= 0.6 is 15.9 Å². The number of hydrogen-bond donors (Lipinski definition) is 2. The SMILES string of the molecule is O=[N+]([O-])c1cc(NS(=O)(=O)c2cnc[nH]2)ccc1Br. The number of aromatic nitrogens is 2. The number of benzene rings is 1. The molecule has 0 fully saturated rings. The normalized spacial score (nSPS) is 11.2. The fourth-order valence-electron chi connectivity index (χ4n) is 1.32. The third-order valence-electron chi connectivity index (χ3n) is 2.16. The van der Waals surface area contributed by atoms with Crippen LogP contribution in [0.25, 0.3) is 0 Å². The molecule has 2 N–H and O–H groups in total. The molecule has 2 rings (SSSR count). The minimum absolute atomic E-state index is 0.0875. The van der Waals surface area contributed by atoms with Gasteiger partial charge in [0.2, 0.25) is 0 Å². The summed E-state index contributed by atoms with van der Waals surface area (Å²) in [6.45, 7) is 0. The Morgan fingerprint density at radius 1 is 1.42 bits per heavy atom. The standard InChI is InChI=1S/C9H7BrN4O4S/c10-7-2-1-6(3-8(7)14(15)16)13-19(17,18)9-4-11-5-12-9/h1-5,13H,(H,11,12). The summed E-state index contributed by atoms with van der Waals surface area (Å²) in [6, 6.07) is 3.92. The van der Waals surface area contributed by atoms with E-state index >= 15 is 0 Å². The van der Waals surface area contributed by atoms with E-state index in [0.29, 0.717) is 0 Å². The van der Waals surface area contributed by atoms with Crippen LogP contribution in [-0.4, -0.2) is 23.3 Å². The lowest BCUT2D eigenvalue weighted by Gasteiger charge is -2.06. The number of nitrogens with zero attached hydrogens (tertiary/aromatic N) is 2. The van der Waals surface area contributed by atoms with Crippen LogP contribution in [0, 0.1) is 10.1 Å². The number of halogens is 1. The van der Waals surface area contributed by atoms with Gasteiger partial charge in [0, 0.05) is 6.07 Å². The fraction of sp³-hybridized carbons (Fsp3) is 0. The topological polar surface area (TPSA) is 118 Å². The second kappa shape index (κ2) is 4.97. The van der Waals surface area contributed by atoms with Gasteiger partial charge in [0.05, 0.1) is 27.6 Å². The molecule has 0 saturated heterocycles. The smallest absolute Gasteiger partial charge is 0.285 e. The summed E-state index contributed by atoms with van der Waals surface area (Å²) in [5, 5.41) is 10.6. The second-order valence-corrected chi connectivity index (χ2v) is 5.95. The molecule has 10 heteroatoms. The maximum Gasteiger partial charge on any atom is 0.285 e. The van der Waals surface area contributed by atoms with Crippen LogP contribution in [0.5, 0.6) is 0 Å². The lowest BCUT2D eigenvalue weighted by molar-refractivity contribution is -0.385. The molecule has 1 heterocycles. The number of hydrogen-bond acceptors (Lipinski definition) is 5. The zero-order valence-corrected chi connectivity index (χ0v) is 11.6. The summed E-state index contributed by atoms with van der Waals surface area (Å²) in [4.78, 5) is 16.2. The summed E-state index contributed by atoms with van der Waals surface area (Å²) in [6.07, 6.45) is 2.36. The van der Waals surface area contributed by atoms with Crippen molar-refractivity contribution in [3.8, 4) is 0 Å². The third-order valence-corrected chi connectivity index (χ3v) is 4.13. The Bertz CT molecular complexity index is 714. The van der Waals surface area contributed by atoms with Crippen molar-refractivity contribution in [1.29, 1.82) is 0 Å². The van der Waals surface area contributed by atoms with E-state index in [9.17, 15) is 18.5 Å². The molecule has 2 aromatic rings. The minimum atomic E-state index is -3.83. The van der Waals surface area contributed by atoms with Gasteiger partial charge in [-0.15, -0.1) is 0 Å². The van der Waals surface area contributed by atoms with Gasteiger partial charge >= 0.3 is 0 Å². The molecule has 0 saturated carbocycles. The molecule has 0 unspecified atom stereocenters. The number of nitrogens with one attached hydrogen (secondary N) is 2. The molecule has 0 aliphatic rings. The highest BCUT2D eigenvalue weighted by molar-refractivity contribution is 9.10. The summed E-state index contributed by atoms with van der Waals surface area (Å²) in [5.74, 6) is 0. The number of sulfonamides is 1.